The van der Waals surface area contributed by atoms with Crippen molar-refractivity contribution in [1.82, 2.24) is 0 Å². The Morgan fingerprint density at radius 2 is 1.67 bits per heavy atom. The molecule has 2 aromatic carbocycles. The Morgan fingerprint density at radius 3 is 2.18 bits per heavy atom. The molecule has 0 aliphatic heterocycles. The SMILES string of the molecule is COc1ccc(S(=O)(=O)N(CC(=O)OC(C)(C)C)c2cc(N(C)C)ccc2C#N)cc1OC. The largest absolute Gasteiger partial charge is 0.493 e. The highest BCUT2D eigenvalue weighted by Gasteiger charge is 2.32. The van der Waals surface area contributed by atoms with Gasteiger partial charge in [-0.05, 0) is 51.1 Å². The van der Waals surface area contributed by atoms with Gasteiger partial charge in [-0.3, -0.25) is 9.10 Å². The Balaban J connectivity index is 2.71. The molecule has 33 heavy (non-hydrogen) atoms. The molecule has 0 bridgehead atoms. The van der Waals surface area contributed by atoms with Crippen molar-refractivity contribution in [3.05, 3.63) is 42.0 Å². The molecule has 2 aromatic rings. The van der Waals surface area contributed by atoms with Crippen LogP contribution in [0.2, 0.25) is 0 Å². The van der Waals surface area contributed by atoms with Gasteiger partial charge in [0.15, 0.2) is 11.5 Å². The monoisotopic (exact) mass is 475 g/mol. The summed E-state index contributed by atoms with van der Waals surface area (Å²) in [5, 5.41) is 9.67. The first-order valence-electron chi connectivity index (χ1n) is 10.0. The van der Waals surface area contributed by atoms with Crippen molar-refractivity contribution in [3.63, 3.8) is 0 Å². The van der Waals surface area contributed by atoms with Crippen molar-refractivity contribution in [2.24, 2.45) is 0 Å². The van der Waals surface area contributed by atoms with E-state index >= 15 is 0 Å². The molecule has 2 rings (SSSR count). The summed E-state index contributed by atoms with van der Waals surface area (Å²) in [6.45, 7) is 4.43. The van der Waals surface area contributed by atoms with E-state index < -0.39 is 28.1 Å². The molecule has 9 nitrogen and oxygen atoms in total. The van der Waals surface area contributed by atoms with Crippen LogP contribution in [0.1, 0.15) is 26.3 Å². The Hall–Kier alpha value is -3.45. The summed E-state index contributed by atoms with van der Waals surface area (Å²) in [7, 11) is 2.08. The van der Waals surface area contributed by atoms with Crippen molar-refractivity contribution in [1.29, 1.82) is 5.26 Å². The summed E-state index contributed by atoms with van der Waals surface area (Å²) in [5.41, 5.74) is -0.0161. The molecule has 0 unspecified atom stereocenters. The molecule has 0 amide bonds. The molecule has 0 radical (unpaired) electrons. The van der Waals surface area contributed by atoms with Crippen molar-refractivity contribution in [3.8, 4) is 17.6 Å². The molecule has 10 heteroatoms. The van der Waals surface area contributed by atoms with Gasteiger partial charge in [0.2, 0.25) is 0 Å². The van der Waals surface area contributed by atoms with E-state index in [0.29, 0.717) is 11.4 Å². The molecule has 0 saturated carbocycles. The minimum atomic E-state index is -4.31. The highest BCUT2D eigenvalue weighted by atomic mass is 32.2. The van der Waals surface area contributed by atoms with Gasteiger partial charge < -0.3 is 19.1 Å². The van der Waals surface area contributed by atoms with Crippen LogP contribution < -0.4 is 18.7 Å². The second kappa shape index (κ2) is 10.0. The highest BCUT2D eigenvalue weighted by Crippen LogP contribution is 2.34. The van der Waals surface area contributed by atoms with E-state index in [1.165, 1.54) is 38.5 Å². The van der Waals surface area contributed by atoms with Crippen LogP contribution in [0.3, 0.4) is 0 Å². The van der Waals surface area contributed by atoms with Gasteiger partial charge >= 0.3 is 5.97 Å². The number of ether oxygens (including phenoxy) is 3. The number of nitrogens with zero attached hydrogens (tertiary/aromatic N) is 3. The average molecular weight is 476 g/mol. The lowest BCUT2D eigenvalue weighted by atomic mass is 10.1. The van der Waals surface area contributed by atoms with E-state index in [0.717, 1.165) is 4.31 Å². The lowest BCUT2D eigenvalue weighted by Gasteiger charge is -2.28. The van der Waals surface area contributed by atoms with Crippen LogP contribution in [-0.4, -0.2) is 54.8 Å². The van der Waals surface area contributed by atoms with Crippen LogP contribution in [-0.2, 0) is 19.6 Å². The number of carbonyl (C=O) groups excluding carboxylic acids is 1. The molecule has 0 fully saturated rings. The zero-order valence-corrected chi connectivity index (χ0v) is 20.7. The van der Waals surface area contributed by atoms with E-state index in [9.17, 15) is 18.5 Å². The fourth-order valence-electron chi connectivity index (χ4n) is 2.99. The van der Waals surface area contributed by atoms with Gasteiger partial charge in [-0.2, -0.15) is 5.26 Å². The fourth-order valence-corrected chi connectivity index (χ4v) is 4.43. The number of hydrogen-bond acceptors (Lipinski definition) is 8. The summed E-state index contributed by atoms with van der Waals surface area (Å²) >= 11 is 0. The van der Waals surface area contributed by atoms with Gasteiger partial charge in [-0.15, -0.1) is 0 Å². The Bertz CT molecular complexity index is 1160. The Labute approximate surface area is 195 Å². The first kappa shape index (κ1) is 25.8. The number of methoxy groups -OCH3 is 2. The van der Waals surface area contributed by atoms with Crippen LogP contribution in [0.25, 0.3) is 0 Å². The smallest absolute Gasteiger partial charge is 0.327 e. The number of hydrogen-bond donors (Lipinski definition) is 0. The molecule has 0 atom stereocenters. The molecule has 0 spiro atoms. The van der Waals surface area contributed by atoms with E-state index in [2.05, 4.69) is 0 Å². The topological polar surface area (TPSA) is 109 Å². The van der Waals surface area contributed by atoms with Gasteiger partial charge in [0.1, 0.15) is 18.2 Å². The normalized spacial score (nSPS) is 11.3. The summed E-state index contributed by atoms with van der Waals surface area (Å²) < 4.78 is 44.2. The molecule has 0 aliphatic carbocycles. The molecule has 0 aromatic heterocycles. The number of benzene rings is 2. The van der Waals surface area contributed by atoms with Gasteiger partial charge in [0.05, 0.1) is 30.4 Å². The Morgan fingerprint density at radius 1 is 1.03 bits per heavy atom. The average Bonchev–Trinajstić information content (AvgIpc) is 2.75. The fraction of sp³-hybridized carbons (Fsp3) is 0.391. The quantitative estimate of drug-likeness (QED) is 0.536. The van der Waals surface area contributed by atoms with Crippen molar-refractivity contribution < 1.29 is 27.4 Å². The van der Waals surface area contributed by atoms with E-state index in [1.807, 2.05) is 6.07 Å². The first-order valence-corrected chi connectivity index (χ1v) is 11.5. The highest BCUT2D eigenvalue weighted by molar-refractivity contribution is 7.92. The summed E-state index contributed by atoms with van der Waals surface area (Å²) in [6, 6.07) is 10.9. The van der Waals surface area contributed by atoms with Crippen LogP contribution in [0.4, 0.5) is 11.4 Å². The van der Waals surface area contributed by atoms with Gasteiger partial charge in [-0.1, -0.05) is 0 Å². The third-order valence-electron chi connectivity index (χ3n) is 4.52. The lowest BCUT2D eigenvalue weighted by molar-refractivity contribution is -0.152. The van der Waals surface area contributed by atoms with Crippen LogP contribution >= 0.6 is 0 Å². The number of carbonyl (C=O) groups is 1. The van der Waals surface area contributed by atoms with Crippen molar-refractivity contribution in [2.45, 2.75) is 31.3 Å². The zero-order chi connectivity index (χ0) is 25.0. The molecule has 0 N–H and O–H groups in total. The second-order valence-electron chi connectivity index (χ2n) is 8.32. The minimum Gasteiger partial charge on any atom is -0.493 e. The van der Waals surface area contributed by atoms with Gasteiger partial charge in [-0.25, -0.2) is 8.42 Å². The van der Waals surface area contributed by atoms with E-state index in [4.69, 9.17) is 14.2 Å². The Kier molecular flexibility index (Phi) is 7.82. The number of nitriles is 1. The number of sulfonamides is 1. The standard InChI is InChI=1S/C23H29N3O6S/c1-23(2,3)32-22(27)15-26(19-12-17(25(4)5)9-8-16(19)14-24)33(28,29)18-10-11-20(30-6)21(13-18)31-7/h8-13H,15H2,1-7H3. The van der Waals surface area contributed by atoms with Crippen molar-refractivity contribution in [2.75, 3.05) is 44.1 Å². The maximum absolute atomic E-state index is 13.7. The summed E-state index contributed by atoms with van der Waals surface area (Å²) in [5.74, 6) is -0.202. The van der Waals surface area contributed by atoms with E-state index in [-0.39, 0.29) is 21.9 Å². The predicted molar refractivity (Wildman–Crippen MR) is 125 cm³/mol. The van der Waals surface area contributed by atoms with Gasteiger partial charge in [0, 0.05) is 25.8 Å². The minimum absolute atomic E-state index is 0.0596. The first-order chi connectivity index (χ1) is 15.3. The van der Waals surface area contributed by atoms with Gasteiger partial charge in [0.25, 0.3) is 10.0 Å². The van der Waals surface area contributed by atoms with E-state index in [1.54, 1.807) is 51.9 Å². The van der Waals surface area contributed by atoms with Crippen LogP contribution in [0.15, 0.2) is 41.3 Å². The third-order valence-corrected chi connectivity index (χ3v) is 6.28. The zero-order valence-electron chi connectivity index (χ0n) is 19.9. The molecule has 178 valence electrons. The molecule has 0 aliphatic rings. The number of rotatable bonds is 8. The summed E-state index contributed by atoms with van der Waals surface area (Å²) in [6.07, 6.45) is 0. The maximum Gasteiger partial charge on any atom is 0.327 e. The molecule has 0 heterocycles. The molecular formula is C23H29N3O6S. The van der Waals surface area contributed by atoms with Crippen LogP contribution in [0.5, 0.6) is 11.5 Å². The molecular weight excluding hydrogens is 446 g/mol. The number of esters is 1. The van der Waals surface area contributed by atoms with Crippen molar-refractivity contribution >= 4 is 27.4 Å². The molecule has 0 saturated heterocycles. The van der Waals surface area contributed by atoms with Crippen LogP contribution in [0, 0.1) is 11.3 Å². The predicted octanol–water partition coefficient (Wildman–Crippen LogP) is 3.18. The number of anilines is 2. The third kappa shape index (κ3) is 6.08. The lowest BCUT2D eigenvalue weighted by Crippen LogP contribution is -2.39. The second-order valence-corrected chi connectivity index (χ2v) is 10.2. The summed E-state index contributed by atoms with van der Waals surface area (Å²) in [4.78, 5) is 14.3. The maximum atomic E-state index is 13.7.